The van der Waals surface area contributed by atoms with Crippen molar-refractivity contribution in [3.8, 4) is 0 Å². The predicted molar refractivity (Wildman–Crippen MR) is 49.5 cm³/mol. The smallest absolute Gasteiger partial charge is 0.265 e. The molecule has 0 bridgehead atoms. The van der Waals surface area contributed by atoms with Gasteiger partial charge in [0, 0.05) is 13.1 Å². The second kappa shape index (κ2) is 4.20. The number of nitrogens with zero attached hydrogens (tertiary/aromatic N) is 4. The Morgan fingerprint density at radius 3 is 2.31 bits per heavy atom. The molecule has 0 atom stereocenters. The normalized spacial score (nSPS) is 19.5. The van der Waals surface area contributed by atoms with Crippen molar-refractivity contribution in [2.45, 2.75) is 32.1 Å². The minimum Gasteiger partial charge on any atom is -0.338 e. The maximum absolute atomic E-state index is 3.99. The highest BCUT2D eigenvalue weighted by molar-refractivity contribution is 5.25. The summed E-state index contributed by atoms with van der Waals surface area (Å²) >= 11 is 0. The topological polar surface area (TPSA) is 57.7 Å². The molecule has 0 radical (unpaired) electrons. The summed E-state index contributed by atoms with van der Waals surface area (Å²) in [6.45, 7) is 2.14. The van der Waals surface area contributed by atoms with Crippen LogP contribution >= 0.6 is 0 Å². The van der Waals surface area contributed by atoms with Gasteiger partial charge in [-0.3, -0.25) is 0 Å². The van der Waals surface area contributed by atoms with Gasteiger partial charge in [-0.1, -0.05) is 24.4 Å². The van der Waals surface area contributed by atoms with Gasteiger partial charge in [-0.05, 0) is 18.1 Å². The molecule has 1 fully saturated rings. The SMILES string of the molecule is C1CCCN(c2nn[nH]n2)CCC1. The summed E-state index contributed by atoms with van der Waals surface area (Å²) in [5.41, 5.74) is 0. The van der Waals surface area contributed by atoms with E-state index >= 15 is 0 Å². The van der Waals surface area contributed by atoms with E-state index in [1.165, 1.54) is 32.1 Å². The number of hydrogen-bond acceptors (Lipinski definition) is 4. The van der Waals surface area contributed by atoms with Gasteiger partial charge in [0.2, 0.25) is 0 Å². The molecule has 1 N–H and O–H groups in total. The lowest BCUT2D eigenvalue weighted by Crippen LogP contribution is -2.28. The van der Waals surface area contributed by atoms with Crippen LogP contribution in [0.3, 0.4) is 0 Å². The van der Waals surface area contributed by atoms with Gasteiger partial charge in [-0.2, -0.15) is 5.21 Å². The molecular formula is C8H15N5. The first-order valence-corrected chi connectivity index (χ1v) is 4.95. The number of aromatic nitrogens is 4. The van der Waals surface area contributed by atoms with E-state index in [1.807, 2.05) is 0 Å². The molecule has 72 valence electrons. The van der Waals surface area contributed by atoms with Crippen molar-refractivity contribution < 1.29 is 0 Å². The number of hydrogen-bond donors (Lipinski definition) is 1. The van der Waals surface area contributed by atoms with Crippen LogP contribution in [0.1, 0.15) is 32.1 Å². The third-order valence-electron chi connectivity index (χ3n) is 2.47. The van der Waals surface area contributed by atoms with Gasteiger partial charge in [0.15, 0.2) is 0 Å². The van der Waals surface area contributed by atoms with E-state index in [-0.39, 0.29) is 0 Å². The summed E-state index contributed by atoms with van der Waals surface area (Å²) in [7, 11) is 0. The fraction of sp³-hybridized carbons (Fsp3) is 0.875. The molecule has 0 amide bonds. The van der Waals surface area contributed by atoms with Crippen LogP contribution in [-0.2, 0) is 0 Å². The highest BCUT2D eigenvalue weighted by Crippen LogP contribution is 2.13. The Balaban J connectivity index is 1.96. The molecule has 5 nitrogen and oxygen atoms in total. The first-order chi connectivity index (χ1) is 6.47. The van der Waals surface area contributed by atoms with E-state index in [4.69, 9.17) is 0 Å². The van der Waals surface area contributed by atoms with E-state index in [2.05, 4.69) is 25.5 Å². The van der Waals surface area contributed by atoms with Crippen LogP contribution in [0.4, 0.5) is 5.95 Å². The Morgan fingerprint density at radius 1 is 1.00 bits per heavy atom. The minimum absolute atomic E-state index is 0.752. The molecule has 1 saturated heterocycles. The molecule has 0 saturated carbocycles. The Hall–Kier alpha value is -1.13. The zero-order valence-electron chi connectivity index (χ0n) is 7.74. The number of nitrogens with one attached hydrogen (secondary N) is 1. The third-order valence-corrected chi connectivity index (χ3v) is 2.47. The fourth-order valence-corrected chi connectivity index (χ4v) is 1.74. The molecule has 1 aliphatic heterocycles. The largest absolute Gasteiger partial charge is 0.338 e. The van der Waals surface area contributed by atoms with Gasteiger partial charge in [0.1, 0.15) is 0 Å². The van der Waals surface area contributed by atoms with Crippen LogP contribution in [0, 0.1) is 0 Å². The molecule has 2 heterocycles. The zero-order valence-corrected chi connectivity index (χ0v) is 7.74. The Bertz CT molecular complexity index is 225. The van der Waals surface area contributed by atoms with E-state index < -0.39 is 0 Å². The van der Waals surface area contributed by atoms with Crippen LogP contribution in [0.15, 0.2) is 0 Å². The van der Waals surface area contributed by atoms with Crippen molar-refractivity contribution in [2.75, 3.05) is 18.0 Å². The monoisotopic (exact) mass is 181 g/mol. The molecule has 1 aromatic heterocycles. The molecule has 1 aromatic rings. The Labute approximate surface area is 77.5 Å². The zero-order chi connectivity index (χ0) is 8.93. The average Bonchev–Trinajstić information content (AvgIpc) is 2.55. The highest BCUT2D eigenvalue weighted by Gasteiger charge is 2.11. The van der Waals surface area contributed by atoms with Crippen molar-refractivity contribution in [3.63, 3.8) is 0 Å². The van der Waals surface area contributed by atoms with Gasteiger partial charge < -0.3 is 4.90 Å². The van der Waals surface area contributed by atoms with E-state index in [9.17, 15) is 0 Å². The van der Waals surface area contributed by atoms with Crippen LogP contribution in [-0.4, -0.2) is 33.7 Å². The number of H-pyrrole nitrogens is 1. The fourth-order valence-electron chi connectivity index (χ4n) is 1.74. The number of rotatable bonds is 1. The van der Waals surface area contributed by atoms with Crippen LogP contribution in [0.25, 0.3) is 0 Å². The molecule has 5 heteroatoms. The van der Waals surface area contributed by atoms with Crippen molar-refractivity contribution >= 4 is 5.95 Å². The van der Waals surface area contributed by atoms with Crippen molar-refractivity contribution in [3.05, 3.63) is 0 Å². The van der Waals surface area contributed by atoms with Gasteiger partial charge in [0.25, 0.3) is 5.95 Å². The van der Waals surface area contributed by atoms with Gasteiger partial charge in [-0.15, -0.1) is 5.10 Å². The molecular weight excluding hydrogens is 166 g/mol. The van der Waals surface area contributed by atoms with Crippen LogP contribution in [0.5, 0.6) is 0 Å². The van der Waals surface area contributed by atoms with Gasteiger partial charge in [0.05, 0.1) is 0 Å². The Kier molecular flexibility index (Phi) is 2.74. The lowest BCUT2D eigenvalue weighted by atomic mass is 10.1. The number of aromatic amines is 1. The molecule has 13 heavy (non-hydrogen) atoms. The molecule has 0 aliphatic carbocycles. The van der Waals surface area contributed by atoms with Gasteiger partial charge in [-0.25, -0.2) is 0 Å². The Morgan fingerprint density at radius 2 is 1.69 bits per heavy atom. The summed E-state index contributed by atoms with van der Waals surface area (Å²) < 4.78 is 0. The van der Waals surface area contributed by atoms with Crippen molar-refractivity contribution in [1.82, 2.24) is 20.6 Å². The lowest BCUT2D eigenvalue weighted by Gasteiger charge is -2.22. The summed E-state index contributed by atoms with van der Waals surface area (Å²) in [6.07, 6.45) is 6.52. The number of tetrazole rings is 1. The third kappa shape index (κ3) is 2.17. The van der Waals surface area contributed by atoms with Crippen molar-refractivity contribution in [1.29, 1.82) is 0 Å². The maximum atomic E-state index is 3.99. The van der Waals surface area contributed by atoms with E-state index in [1.54, 1.807) is 0 Å². The summed E-state index contributed by atoms with van der Waals surface area (Å²) in [6, 6.07) is 0. The molecule has 0 unspecified atom stereocenters. The first-order valence-electron chi connectivity index (χ1n) is 4.95. The van der Waals surface area contributed by atoms with Gasteiger partial charge >= 0.3 is 0 Å². The lowest BCUT2D eigenvalue weighted by molar-refractivity contribution is 0.550. The highest BCUT2D eigenvalue weighted by atomic mass is 15.5. The summed E-state index contributed by atoms with van der Waals surface area (Å²) in [4.78, 5) is 2.21. The second-order valence-corrected chi connectivity index (χ2v) is 3.47. The quantitative estimate of drug-likeness (QED) is 0.701. The summed E-state index contributed by atoms with van der Waals surface area (Å²) in [5, 5.41) is 14.0. The minimum atomic E-state index is 0.752. The molecule has 0 aromatic carbocycles. The van der Waals surface area contributed by atoms with E-state index in [0.717, 1.165) is 19.0 Å². The summed E-state index contributed by atoms with van der Waals surface area (Å²) in [5.74, 6) is 0.752. The second-order valence-electron chi connectivity index (χ2n) is 3.47. The molecule has 1 aliphatic rings. The number of anilines is 1. The molecule has 2 rings (SSSR count). The van der Waals surface area contributed by atoms with Crippen LogP contribution < -0.4 is 4.90 Å². The van der Waals surface area contributed by atoms with Crippen molar-refractivity contribution in [2.24, 2.45) is 0 Å². The standard InChI is InChI=1S/C8H15N5/c1-2-4-6-13(7-5-3-1)8-9-11-12-10-8/h1-7H2,(H,9,10,11,12). The predicted octanol–water partition coefficient (Wildman–Crippen LogP) is 0.970. The van der Waals surface area contributed by atoms with E-state index in [0.29, 0.717) is 0 Å². The van der Waals surface area contributed by atoms with Crippen LogP contribution in [0.2, 0.25) is 0 Å². The molecule has 0 spiro atoms. The average molecular weight is 181 g/mol. The maximum Gasteiger partial charge on any atom is 0.265 e. The first kappa shape index (κ1) is 8.47.